The summed E-state index contributed by atoms with van der Waals surface area (Å²) in [6.45, 7) is 0. The second-order valence-corrected chi connectivity index (χ2v) is 7.24. The van der Waals surface area contributed by atoms with E-state index >= 15 is 0 Å². The van der Waals surface area contributed by atoms with Crippen molar-refractivity contribution >= 4 is 19.9 Å². The molecule has 9 heteroatoms. The smallest absolute Gasteiger partial charge is 0.241 e. The lowest BCUT2D eigenvalue weighted by atomic mass is 10.4. The maximum absolute atomic E-state index is 13.3. The quantitative estimate of drug-likeness (QED) is 0.833. The SMILES string of the molecule is O=S1(=O)C=CC(NS(=O)(=O)c2ncccc2F)C1. The van der Waals surface area contributed by atoms with Gasteiger partial charge in [0.05, 0.1) is 11.8 Å². The van der Waals surface area contributed by atoms with Crippen LogP contribution in [-0.2, 0) is 19.9 Å². The molecular weight excluding hydrogens is 283 g/mol. The molecule has 18 heavy (non-hydrogen) atoms. The molecule has 1 aromatic rings. The van der Waals surface area contributed by atoms with Gasteiger partial charge < -0.3 is 0 Å². The number of nitrogens with one attached hydrogen (secondary N) is 1. The van der Waals surface area contributed by atoms with Gasteiger partial charge in [-0.2, -0.15) is 0 Å². The van der Waals surface area contributed by atoms with Gasteiger partial charge in [0, 0.05) is 11.6 Å². The third kappa shape index (κ3) is 2.74. The second kappa shape index (κ2) is 4.41. The fourth-order valence-corrected chi connectivity index (χ4v) is 4.01. The Morgan fingerprint density at radius 2 is 2.17 bits per heavy atom. The second-order valence-electron chi connectivity index (χ2n) is 3.68. The average Bonchev–Trinajstić information content (AvgIpc) is 2.57. The highest BCUT2D eigenvalue weighted by molar-refractivity contribution is 7.94. The lowest BCUT2D eigenvalue weighted by molar-refractivity contribution is 0.541. The van der Waals surface area contributed by atoms with Crippen molar-refractivity contribution in [2.45, 2.75) is 11.1 Å². The summed E-state index contributed by atoms with van der Waals surface area (Å²) in [7, 11) is -7.56. The normalized spacial score (nSPS) is 22.2. The van der Waals surface area contributed by atoms with Crippen molar-refractivity contribution < 1.29 is 21.2 Å². The van der Waals surface area contributed by atoms with Gasteiger partial charge in [-0.3, -0.25) is 0 Å². The largest absolute Gasteiger partial charge is 0.261 e. The van der Waals surface area contributed by atoms with Gasteiger partial charge in [-0.15, -0.1) is 0 Å². The van der Waals surface area contributed by atoms with E-state index in [4.69, 9.17) is 0 Å². The topological polar surface area (TPSA) is 93.2 Å². The van der Waals surface area contributed by atoms with Crippen LogP contribution in [0.3, 0.4) is 0 Å². The van der Waals surface area contributed by atoms with Crippen molar-refractivity contribution in [3.05, 3.63) is 35.6 Å². The van der Waals surface area contributed by atoms with Gasteiger partial charge in [-0.05, 0) is 12.1 Å². The minimum absolute atomic E-state index is 0.374. The zero-order valence-corrected chi connectivity index (χ0v) is 10.6. The summed E-state index contributed by atoms with van der Waals surface area (Å²) < 4.78 is 61.2. The molecule has 0 aromatic carbocycles. The first kappa shape index (κ1) is 13.1. The number of hydrogen-bond acceptors (Lipinski definition) is 5. The van der Waals surface area contributed by atoms with Gasteiger partial charge in [-0.25, -0.2) is 30.9 Å². The van der Waals surface area contributed by atoms with Crippen LogP contribution in [0.15, 0.2) is 34.8 Å². The summed E-state index contributed by atoms with van der Waals surface area (Å²) >= 11 is 0. The number of halogens is 1. The van der Waals surface area contributed by atoms with Crippen LogP contribution in [0.5, 0.6) is 0 Å². The molecule has 0 aliphatic carbocycles. The van der Waals surface area contributed by atoms with E-state index in [9.17, 15) is 21.2 Å². The summed E-state index contributed by atoms with van der Waals surface area (Å²) in [6, 6.07) is 1.32. The molecule has 1 aliphatic rings. The molecule has 6 nitrogen and oxygen atoms in total. The summed E-state index contributed by atoms with van der Waals surface area (Å²) in [5, 5.41) is 0.178. The summed E-state index contributed by atoms with van der Waals surface area (Å²) in [5.74, 6) is -1.37. The number of sulfonamides is 1. The number of rotatable bonds is 3. The van der Waals surface area contributed by atoms with E-state index in [0.29, 0.717) is 0 Å². The Morgan fingerprint density at radius 3 is 2.72 bits per heavy atom. The van der Waals surface area contributed by atoms with E-state index < -0.39 is 36.7 Å². The summed E-state index contributed by atoms with van der Waals surface area (Å²) in [6.07, 6.45) is 2.34. The van der Waals surface area contributed by atoms with E-state index in [1.165, 1.54) is 12.1 Å². The molecule has 1 atom stereocenters. The number of nitrogens with zero attached hydrogens (tertiary/aromatic N) is 1. The van der Waals surface area contributed by atoms with Crippen molar-refractivity contribution in [2.75, 3.05) is 5.75 Å². The van der Waals surface area contributed by atoms with E-state index in [-0.39, 0.29) is 5.75 Å². The van der Waals surface area contributed by atoms with E-state index in [0.717, 1.165) is 17.7 Å². The molecule has 0 saturated carbocycles. The maximum Gasteiger partial charge on any atom is 0.261 e. The number of pyridine rings is 1. The predicted octanol–water partition coefficient (Wildman–Crippen LogP) is -0.190. The molecule has 0 radical (unpaired) electrons. The summed E-state index contributed by atoms with van der Waals surface area (Å²) in [5.41, 5.74) is 0. The van der Waals surface area contributed by atoms with Gasteiger partial charge in [0.15, 0.2) is 15.7 Å². The van der Waals surface area contributed by atoms with Crippen LogP contribution in [0.25, 0.3) is 0 Å². The Bertz CT molecular complexity index is 697. The highest BCUT2D eigenvalue weighted by Gasteiger charge is 2.28. The minimum Gasteiger partial charge on any atom is -0.241 e. The molecule has 1 unspecified atom stereocenters. The highest BCUT2D eigenvalue weighted by atomic mass is 32.2. The molecule has 0 fully saturated rings. The predicted molar refractivity (Wildman–Crippen MR) is 61.2 cm³/mol. The number of aromatic nitrogens is 1. The molecule has 1 N–H and O–H groups in total. The van der Waals surface area contributed by atoms with Crippen LogP contribution >= 0.6 is 0 Å². The Hall–Kier alpha value is -1.32. The van der Waals surface area contributed by atoms with Crippen LogP contribution in [0.1, 0.15) is 0 Å². The fourth-order valence-electron chi connectivity index (χ4n) is 1.47. The maximum atomic E-state index is 13.3. The standard InChI is InChI=1S/C9H9FN2O4S2/c10-8-2-1-4-11-9(8)18(15,16)12-7-3-5-17(13,14)6-7/h1-5,7,12H,6H2. The van der Waals surface area contributed by atoms with Gasteiger partial charge in [0.2, 0.25) is 5.03 Å². The molecule has 0 bridgehead atoms. The molecular formula is C9H9FN2O4S2. The Labute approximate surface area is 104 Å². The third-order valence-electron chi connectivity index (χ3n) is 2.22. The van der Waals surface area contributed by atoms with Crippen molar-refractivity contribution in [1.29, 1.82) is 0 Å². The highest BCUT2D eigenvalue weighted by Crippen LogP contribution is 2.14. The van der Waals surface area contributed by atoms with Gasteiger partial charge in [0.1, 0.15) is 0 Å². The van der Waals surface area contributed by atoms with Crippen LogP contribution in [0.2, 0.25) is 0 Å². The van der Waals surface area contributed by atoms with Crippen molar-refractivity contribution in [3.63, 3.8) is 0 Å². The number of sulfone groups is 1. The van der Waals surface area contributed by atoms with Crippen molar-refractivity contribution in [2.24, 2.45) is 0 Å². The molecule has 0 spiro atoms. The molecule has 2 heterocycles. The van der Waals surface area contributed by atoms with E-state index in [2.05, 4.69) is 9.71 Å². The first-order valence-corrected chi connectivity index (χ1v) is 8.04. The van der Waals surface area contributed by atoms with Gasteiger partial charge >= 0.3 is 0 Å². The van der Waals surface area contributed by atoms with Crippen LogP contribution in [-0.4, -0.2) is 33.6 Å². The first-order chi connectivity index (χ1) is 8.30. The zero-order chi connectivity index (χ0) is 13.4. The molecule has 1 aliphatic heterocycles. The lowest BCUT2D eigenvalue weighted by Crippen LogP contribution is -2.36. The van der Waals surface area contributed by atoms with Gasteiger partial charge in [-0.1, -0.05) is 6.08 Å². The Morgan fingerprint density at radius 1 is 1.44 bits per heavy atom. The van der Waals surface area contributed by atoms with E-state index in [1.54, 1.807) is 0 Å². The van der Waals surface area contributed by atoms with Crippen molar-refractivity contribution in [3.8, 4) is 0 Å². The van der Waals surface area contributed by atoms with Gasteiger partial charge in [0.25, 0.3) is 10.0 Å². The summed E-state index contributed by atoms with van der Waals surface area (Å²) in [4.78, 5) is 3.43. The molecule has 0 amide bonds. The molecule has 1 aromatic heterocycles. The monoisotopic (exact) mass is 292 g/mol. The molecule has 0 saturated heterocycles. The molecule has 2 rings (SSSR count). The Balaban J connectivity index is 2.25. The Kier molecular flexibility index (Phi) is 3.21. The van der Waals surface area contributed by atoms with Crippen LogP contribution in [0, 0.1) is 5.82 Å². The lowest BCUT2D eigenvalue weighted by Gasteiger charge is -2.10. The van der Waals surface area contributed by atoms with Crippen LogP contribution < -0.4 is 4.72 Å². The zero-order valence-electron chi connectivity index (χ0n) is 8.95. The average molecular weight is 292 g/mol. The minimum atomic E-state index is -4.18. The van der Waals surface area contributed by atoms with Crippen molar-refractivity contribution in [1.82, 2.24) is 9.71 Å². The third-order valence-corrected chi connectivity index (χ3v) is 5.03. The van der Waals surface area contributed by atoms with E-state index in [1.807, 2.05) is 0 Å². The fraction of sp³-hybridized carbons (Fsp3) is 0.222. The van der Waals surface area contributed by atoms with Crippen LogP contribution in [0.4, 0.5) is 4.39 Å². The first-order valence-electron chi connectivity index (χ1n) is 4.84. The number of hydrogen-bond donors (Lipinski definition) is 1. The molecule has 98 valence electrons.